The number of carbonyl (C=O) groups is 9. The predicted octanol–water partition coefficient (Wildman–Crippen LogP) is 20.6. The Morgan fingerprint density at radius 1 is 0.434 bits per heavy atom. The number of fused-ring (bicyclic) bond motifs is 21. The zero-order valence-electron chi connectivity index (χ0n) is 72.4. The molecule has 618 valence electrons. The molecule has 1 N–H and O–H groups in total. The maximum atomic E-state index is 15.1. The van der Waals surface area contributed by atoms with Crippen molar-refractivity contribution in [1.82, 2.24) is 20.6 Å². The minimum Gasteiger partial charge on any atom is -0.469 e. The van der Waals surface area contributed by atoms with E-state index in [4.69, 9.17) is 4.74 Å². The van der Waals surface area contributed by atoms with E-state index in [0.717, 1.165) is 126 Å². The second-order valence-electron chi connectivity index (χ2n) is 45.7. The Bertz CT molecular complexity index is 4540. The van der Waals surface area contributed by atoms with E-state index >= 15 is 4.39 Å². The van der Waals surface area contributed by atoms with Gasteiger partial charge < -0.3 is 4.74 Å². The molecule has 0 amide bonds. The summed E-state index contributed by atoms with van der Waals surface area (Å²) < 4.78 is 63.0. The molecule has 0 aliphatic heterocycles. The summed E-state index contributed by atoms with van der Waals surface area (Å²) in [6.07, 6.45) is 22.8. The lowest BCUT2D eigenvalue weighted by Crippen LogP contribution is -2.66. The number of aromatic amines is 1. The van der Waals surface area contributed by atoms with Crippen molar-refractivity contribution >= 4 is 57.8 Å². The third kappa shape index (κ3) is 11.1. The first-order valence-corrected chi connectivity index (χ1v) is 42.9. The van der Waals surface area contributed by atoms with E-state index in [9.17, 15) is 56.3 Å². The van der Waals surface area contributed by atoms with Crippen LogP contribution in [0.4, 0.5) is 17.6 Å². The topological polar surface area (TPSA) is 217 Å². The molecule has 16 rings (SSSR count). The number of halogens is 4. The molecule has 0 aromatic carbocycles. The molecule has 1 heterocycles. The van der Waals surface area contributed by atoms with Gasteiger partial charge in [0, 0.05) is 61.1 Å². The second kappa shape index (κ2) is 25.3. The van der Waals surface area contributed by atoms with E-state index in [2.05, 4.69) is 124 Å². The van der Waals surface area contributed by atoms with Gasteiger partial charge in [-0.1, -0.05) is 174 Å². The van der Waals surface area contributed by atoms with Gasteiger partial charge in [-0.05, 0) is 262 Å². The molecule has 0 unspecified atom stereocenters. The molecule has 9 saturated carbocycles. The van der Waals surface area contributed by atoms with Crippen LogP contribution in [0.5, 0.6) is 0 Å². The Morgan fingerprint density at radius 3 is 1.12 bits per heavy atom. The van der Waals surface area contributed by atoms with Gasteiger partial charge in [0.2, 0.25) is 5.82 Å². The fraction of sp³-hybridized carbons (Fsp3) is 0.768. The highest BCUT2D eigenvalue weighted by Crippen LogP contribution is 2.80. The normalized spacial score (nSPS) is 45.5. The number of esters is 1. The third-order valence-electron chi connectivity index (χ3n) is 38.1. The molecule has 9 fully saturated rings. The number of allylic oxidation sites excluding steroid dienone is 12. The van der Waals surface area contributed by atoms with E-state index in [1.807, 2.05) is 46.8 Å². The van der Waals surface area contributed by atoms with Crippen LogP contribution in [0, 0.1) is 151 Å². The Kier molecular flexibility index (Phi) is 18.7. The highest BCUT2D eigenvalue weighted by molar-refractivity contribution is 6.23. The van der Waals surface area contributed by atoms with Gasteiger partial charge in [0.1, 0.15) is 11.6 Å². The number of ketones is 8. The van der Waals surface area contributed by atoms with Gasteiger partial charge in [0.15, 0.2) is 40.5 Å². The Morgan fingerprint density at radius 2 is 0.761 bits per heavy atom. The Hall–Kier alpha value is -5.94. The fourth-order valence-electron chi connectivity index (χ4n) is 31.0. The van der Waals surface area contributed by atoms with Crippen molar-refractivity contribution in [2.24, 2.45) is 151 Å². The highest BCUT2D eigenvalue weighted by atomic mass is 19.4. The minimum atomic E-state index is -4.76. The number of alkyl halides is 3. The number of hydrogen-bond donors (Lipinski definition) is 1. The molecule has 18 heteroatoms. The lowest BCUT2D eigenvalue weighted by Gasteiger charge is -2.69. The van der Waals surface area contributed by atoms with Crippen LogP contribution in [-0.2, 0) is 47.9 Å². The zero-order chi connectivity index (χ0) is 83.6. The minimum absolute atomic E-state index is 0.0344. The summed E-state index contributed by atoms with van der Waals surface area (Å²) in [6, 6.07) is 0. The summed E-state index contributed by atoms with van der Waals surface area (Å²) in [6.45, 7) is 47.8. The van der Waals surface area contributed by atoms with Crippen LogP contribution in [-0.4, -0.2) is 86.1 Å². The molecule has 0 bridgehead atoms. The number of hydrogen-bond acceptors (Lipinski definition) is 13. The van der Waals surface area contributed by atoms with Crippen molar-refractivity contribution in [2.75, 3.05) is 7.11 Å². The third-order valence-corrected chi connectivity index (χ3v) is 38.1. The van der Waals surface area contributed by atoms with Gasteiger partial charge in [-0.25, -0.2) is 4.39 Å². The van der Waals surface area contributed by atoms with E-state index in [0.29, 0.717) is 43.5 Å². The van der Waals surface area contributed by atoms with Crippen LogP contribution in [0.15, 0.2) is 64.6 Å². The lowest BCUT2D eigenvalue weighted by atomic mass is 9.34. The molecule has 0 spiro atoms. The first-order valence-electron chi connectivity index (χ1n) is 42.9. The van der Waals surface area contributed by atoms with Crippen LogP contribution in [0.1, 0.15) is 300 Å². The van der Waals surface area contributed by atoms with Crippen LogP contribution in [0.25, 0.3) is 5.57 Å². The van der Waals surface area contributed by atoms with Crippen molar-refractivity contribution in [3.8, 4) is 0 Å². The Labute approximate surface area is 669 Å². The molecule has 21 atom stereocenters. The van der Waals surface area contributed by atoms with Crippen LogP contribution >= 0.6 is 0 Å². The zero-order valence-corrected chi connectivity index (χ0v) is 72.4. The van der Waals surface area contributed by atoms with E-state index in [1.165, 1.54) is 13.2 Å². The van der Waals surface area contributed by atoms with Gasteiger partial charge in [-0.15, -0.1) is 10.2 Å². The van der Waals surface area contributed by atoms with Crippen molar-refractivity contribution in [2.45, 2.75) is 300 Å². The number of rotatable bonds is 4. The molecular weight excluding hydrogens is 1430 g/mol. The van der Waals surface area contributed by atoms with E-state index in [1.54, 1.807) is 33.8 Å². The van der Waals surface area contributed by atoms with Crippen molar-refractivity contribution in [3.63, 3.8) is 0 Å². The molecule has 1 aromatic rings. The number of carbonyl (C=O) groups excluding carboxylic acids is 9. The van der Waals surface area contributed by atoms with Crippen molar-refractivity contribution < 1.29 is 65.4 Å². The molecule has 0 radical (unpaired) electrons. The molecule has 113 heavy (non-hydrogen) atoms. The molecule has 15 aliphatic rings. The van der Waals surface area contributed by atoms with Gasteiger partial charge in [0.05, 0.1) is 23.7 Å². The van der Waals surface area contributed by atoms with Gasteiger partial charge in [-0.2, -0.15) is 18.4 Å². The number of nitrogens with one attached hydrogen (secondary N) is 1. The van der Waals surface area contributed by atoms with Gasteiger partial charge >= 0.3 is 12.1 Å². The smallest absolute Gasteiger partial charge is 0.419 e. The maximum absolute atomic E-state index is 15.1. The summed E-state index contributed by atoms with van der Waals surface area (Å²) in [5.41, 5.74) is -6.05. The molecule has 14 nitrogen and oxygen atoms in total. The number of nitrogens with zero attached hydrogens (tertiary/aromatic N) is 3. The number of methoxy groups -OCH3 is 1. The average molecular weight is 1560 g/mol. The molecule has 1 aromatic heterocycles. The largest absolute Gasteiger partial charge is 0.469 e. The number of aromatic nitrogens is 4. The molecule has 0 saturated heterocycles. The monoisotopic (exact) mass is 1560 g/mol. The van der Waals surface area contributed by atoms with Gasteiger partial charge in [-0.3, -0.25) is 43.2 Å². The van der Waals surface area contributed by atoms with Crippen molar-refractivity contribution in [3.05, 3.63) is 70.4 Å². The summed E-state index contributed by atoms with van der Waals surface area (Å²) in [5.74, 6) is -2.23. The fourth-order valence-corrected chi connectivity index (χ4v) is 31.0. The quantitative estimate of drug-likeness (QED) is 0.219. The summed E-state index contributed by atoms with van der Waals surface area (Å²) in [7, 11) is 1.42. The summed E-state index contributed by atoms with van der Waals surface area (Å²) >= 11 is 0. The second-order valence-corrected chi connectivity index (χ2v) is 45.7. The van der Waals surface area contributed by atoms with Crippen LogP contribution in [0.3, 0.4) is 0 Å². The average Bonchev–Trinajstić information content (AvgIpc) is 0.945. The number of ether oxygens (including phenoxy) is 1. The summed E-state index contributed by atoms with van der Waals surface area (Å²) in [5, 5.41) is 14.6. The summed E-state index contributed by atoms with van der Waals surface area (Å²) in [4.78, 5) is 123. The lowest BCUT2D eigenvalue weighted by molar-refractivity contribution is -0.191. The number of Topliss-reactive ketones (excluding diaryl/α,β-unsaturated/α-hetero) is 5. The highest BCUT2D eigenvalue weighted by Gasteiger charge is 2.76. The number of H-pyrrole nitrogens is 1. The van der Waals surface area contributed by atoms with Crippen molar-refractivity contribution in [1.29, 1.82) is 0 Å². The number of tetrazole rings is 1. The molecule has 15 aliphatic carbocycles. The van der Waals surface area contributed by atoms with E-state index in [-0.39, 0.29) is 131 Å². The van der Waals surface area contributed by atoms with Crippen LogP contribution < -0.4 is 0 Å². The predicted molar refractivity (Wildman–Crippen MR) is 424 cm³/mol. The Balaban J connectivity index is 0.000000141. The maximum Gasteiger partial charge on any atom is 0.419 e. The first kappa shape index (κ1) is 83.5. The van der Waals surface area contributed by atoms with E-state index < -0.39 is 89.2 Å². The SMILES string of the molecule is CC(=O)[C@]12CCC(C)(C)C[C@H]1[C@H]1C(=O)C=C3[C@@]4(C)C=C(F)C(=O)C(C)(C)[C@@H]4CC[C@@]3(C)[C@]1(C)CC2.CC(=O)[C@]12CCC(C)(C)C[C@H]1[C@H]1C(=O)C=C3[C@@]4(C)C=C(c5nn[nH]n5)C(=O)C(C)(C)[C@@H]4CC[C@@]3(C)[C@]1(C)CC2.COC(=O)[C@]12CCC(C)(C)C[C@H]1[C@H]1C(=O)C=C3[C@@]4(C)C=C(C(F)(F)F)C(=O)C(C)(C)[C@@H]4CC[C@@]3(C)[C@]1(C)CC2. The van der Waals surface area contributed by atoms with Gasteiger partial charge in [0.25, 0.3) is 0 Å². The first-order chi connectivity index (χ1) is 51.7. The standard InChI is InChI=1S/C32H43F3O4.C32H44N4O3.C31H43FO3/c1-26(2)11-13-31(25(38)39-8)14-12-30(7)23(18(31)16-26)20(36)15-22-28(5)17-19(32(33,34)35)24(37)27(3,4)21(28)9-10-29(22,30)6;1-18(37)32-13-11-27(2,3)17-20(32)24-21(38)15-23-29(6)16-19(26-33-35-36-34-26)25(39)28(4,5)22(29)9-10-30(23,7)31(24,8)12-14-32;1-18(33)31-13-11-26(2,3)16-19(31)24-21(34)15-23-28(6)17-20(32)25(35)27(4,5)22(28)9-10-29(23,7)30(24,8)12-14-31/h15,17-18,21,23H,9-14,16H2,1-8H3;15-16,20,22,24H,9-14,17H2,1-8H3,(H,33,34,35,36);15,17,19,22,24H,9-14,16H2,1-8H3/t18-,21-,23-,28-,29+,30+,31-;20-,22-,24-,29-,30+,31+,32+;19-,22-,24-,28-,29+,30+,31+/m000/s1. The van der Waals surface area contributed by atoms with Crippen LogP contribution in [0.2, 0.25) is 0 Å². The molecular formula is C95H130F4N4O10.